The number of hydrazone groups is 1. The van der Waals surface area contributed by atoms with Crippen molar-refractivity contribution in [1.82, 2.24) is 0 Å². The van der Waals surface area contributed by atoms with Gasteiger partial charge in [-0.25, -0.2) is 0 Å². The first-order chi connectivity index (χ1) is 17.8. The summed E-state index contributed by atoms with van der Waals surface area (Å²) >= 11 is 5.69. The molecular weight excluding hydrogens is 484 g/mol. The lowest BCUT2D eigenvalue weighted by Crippen LogP contribution is -2.57. The third-order valence-electron chi connectivity index (χ3n) is 6.53. The van der Waals surface area contributed by atoms with Crippen LogP contribution in [0.25, 0.3) is 0 Å². The molecule has 1 fully saturated rings. The minimum Gasteiger partial charge on any atom is -0.271 e. The molecule has 3 amide bonds. The van der Waals surface area contributed by atoms with Gasteiger partial charge in [0.15, 0.2) is 5.11 Å². The summed E-state index contributed by atoms with van der Waals surface area (Å²) in [6.45, 7) is 5.64. The lowest BCUT2D eigenvalue weighted by Gasteiger charge is -2.37. The second-order valence-electron chi connectivity index (χ2n) is 8.95. The molecule has 1 saturated heterocycles. The third kappa shape index (κ3) is 4.25. The van der Waals surface area contributed by atoms with Gasteiger partial charge in [0.1, 0.15) is 5.57 Å². The van der Waals surface area contributed by atoms with Gasteiger partial charge in [0.2, 0.25) is 0 Å². The van der Waals surface area contributed by atoms with Crippen molar-refractivity contribution >= 4 is 57.8 Å². The number of carbonyl (C=O) groups is 3. The van der Waals surface area contributed by atoms with Crippen LogP contribution in [0.1, 0.15) is 18.1 Å². The number of thiocarbonyl (C=S) groups is 1. The van der Waals surface area contributed by atoms with Crippen molar-refractivity contribution in [2.45, 2.75) is 20.8 Å². The minimum absolute atomic E-state index is 0.0515. The van der Waals surface area contributed by atoms with Gasteiger partial charge < -0.3 is 0 Å². The van der Waals surface area contributed by atoms with Crippen LogP contribution in [0.3, 0.4) is 0 Å². The summed E-state index contributed by atoms with van der Waals surface area (Å²) in [5.41, 5.74) is 4.07. The molecule has 0 aliphatic carbocycles. The molecule has 0 radical (unpaired) electrons. The van der Waals surface area contributed by atoms with Gasteiger partial charge in [0.25, 0.3) is 17.7 Å². The Bertz CT molecular complexity index is 1500. The largest absolute Gasteiger partial charge is 0.271 e. The molecule has 5 rings (SSSR count). The minimum atomic E-state index is -0.867. The molecule has 37 heavy (non-hydrogen) atoms. The molecule has 7 nitrogen and oxygen atoms in total. The standard InChI is InChI=1S/C29H24N4O3S/c1-18-14-15-23(16-19(18)2)32-27(35)25(26(34)31(29(32)37)21-10-6-4-7-11-21)17-24-20(3)30-33(28(24)36)22-12-8-5-9-13-22/h4-17,24H,1-3H3/b25-17+/t24-/m0/s1. The topological polar surface area (TPSA) is 73.3 Å². The molecule has 184 valence electrons. The van der Waals surface area contributed by atoms with E-state index in [0.717, 1.165) is 11.1 Å². The van der Waals surface area contributed by atoms with Crippen molar-refractivity contribution < 1.29 is 14.4 Å². The monoisotopic (exact) mass is 508 g/mol. The first-order valence-corrected chi connectivity index (χ1v) is 12.2. The summed E-state index contributed by atoms with van der Waals surface area (Å²) in [6, 6.07) is 23.5. The van der Waals surface area contributed by atoms with Crippen LogP contribution in [0, 0.1) is 19.8 Å². The number of nitrogens with zero attached hydrogens (tertiary/aromatic N) is 4. The number of anilines is 3. The highest BCUT2D eigenvalue weighted by Crippen LogP contribution is 2.32. The lowest BCUT2D eigenvalue weighted by molar-refractivity contribution is -0.121. The highest BCUT2D eigenvalue weighted by molar-refractivity contribution is 7.81. The molecular formula is C29H24N4O3S. The molecule has 1 atom stereocenters. The zero-order valence-electron chi connectivity index (χ0n) is 20.6. The van der Waals surface area contributed by atoms with Crippen molar-refractivity contribution in [2.24, 2.45) is 11.0 Å². The average Bonchev–Trinajstić information content (AvgIpc) is 3.18. The zero-order valence-corrected chi connectivity index (χ0v) is 21.4. The molecule has 0 aromatic heterocycles. The fourth-order valence-corrected chi connectivity index (χ4v) is 4.71. The summed E-state index contributed by atoms with van der Waals surface area (Å²) in [7, 11) is 0. The maximum absolute atomic E-state index is 13.8. The van der Waals surface area contributed by atoms with Gasteiger partial charge >= 0.3 is 0 Å². The molecule has 0 bridgehead atoms. The third-order valence-corrected chi connectivity index (χ3v) is 6.89. The van der Waals surface area contributed by atoms with Crippen molar-refractivity contribution in [3.05, 3.63) is 102 Å². The van der Waals surface area contributed by atoms with E-state index in [0.29, 0.717) is 22.8 Å². The maximum Gasteiger partial charge on any atom is 0.269 e. The van der Waals surface area contributed by atoms with E-state index >= 15 is 0 Å². The molecule has 0 saturated carbocycles. The number of para-hydroxylation sites is 2. The van der Waals surface area contributed by atoms with Crippen LogP contribution in [0.4, 0.5) is 17.1 Å². The SMILES string of the molecule is CC1=NN(c2ccccc2)C(=O)[C@H]1/C=C1\C(=O)N(c2ccccc2)C(=S)N(c2ccc(C)c(C)c2)C1=O. The van der Waals surface area contributed by atoms with Crippen molar-refractivity contribution in [2.75, 3.05) is 14.8 Å². The quantitative estimate of drug-likeness (QED) is 0.285. The van der Waals surface area contributed by atoms with E-state index in [1.54, 1.807) is 49.4 Å². The van der Waals surface area contributed by atoms with Crippen LogP contribution in [-0.2, 0) is 14.4 Å². The summed E-state index contributed by atoms with van der Waals surface area (Å²) in [4.78, 5) is 43.6. The first kappa shape index (κ1) is 24.3. The molecule has 8 heteroatoms. The highest BCUT2D eigenvalue weighted by atomic mass is 32.1. The van der Waals surface area contributed by atoms with Gasteiger partial charge in [-0.3, -0.25) is 24.2 Å². The van der Waals surface area contributed by atoms with Crippen molar-refractivity contribution in [3.63, 3.8) is 0 Å². The van der Waals surface area contributed by atoms with Crippen molar-refractivity contribution in [1.29, 1.82) is 0 Å². The van der Waals surface area contributed by atoms with Crippen LogP contribution < -0.4 is 14.8 Å². The van der Waals surface area contributed by atoms with Gasteiger partial charge in [0, 0.05) is 0 Å². The molecule has 0 unspecified atom stereocenters. The molecule has 2 aliphatic heterocycles. The molecule has 2 aliphatic rings. The predicted molar refractivity (Wildman–Crippen MR) is 149 cm³/mol. The lowest BCUT2D eigenvalue weighted by atomic mass is 9.97. The van der Waals surface area contributed by atoms with Gasteiger partial charge in [0.05, 0.1) is 28.7 Å². The van der Waals surface area contributed by atoms with Crippen LogP contribution in [0.15, 0.2) is 95.6 Å². The molecule has 3 aromatic rings. The average molecular weight is 509 g/mol. The molecule has 0 spiro atoms. The van der Waals surface area contributed by atoms with E-state index in [-0.39, 0.29) is 16.6 Å². The van der Waals surface area contributed by atoms with Gasteiger partial charge in [-0.05, 0) is 86.6 Å². The van der Waals surface area contributed by atoms with E-state index in [4.69, 9.17) is 12.2 Å². The molecule has 2 heterocycles. The van der Waals surface area contributed by atoms with Gasteiger partial charge in [-0.2, -0.15) is 10.1 Å². The second-order valence-corrected chi connectivity index (χ2v) is 9.32. The summed E-state index contributed by atoms with van der Waals surface area (Å²) < 4.78 is 0. The first-order valence-electron chi connectivity index (χ1n) is 11.8. The number of hydrogen-bond donors (Lipinski definition) is 0. The Balaban J connectivity index is 1.60. The van der Waals surface area contributed by atoms with E-state index in [1.807, 2.05) is 50.2 Å². The van der Waals surface area contributed by atoms with E-state index in [9.17, 15) is 14.4 Å². The van der Waals surface area contributed by atoms with Gasteiger partial charge in [-0.15, -0.1) is 0 Å². The Labute approximate surface area is 220 Å². The number of benzene rings is 3. The number of rotatable bonds is 4. The van der Waals surface area contributed by atoms with E-state index in [1.165, 1.54) is 20.9 Å². The van der Waals surface area contributed by atoms with Crippen LogP contribution in [0.2, 0.25) is 0 Å². The second kappa shape index (κ2) is 9.55. The fourth-order valence-electron chi connectivity index (χ4n) is 4.34. The Morgan fingerprint density at radius 1 is 0.730 bits per heavy atom. The number of amides is 3. The van der Waals surface area contributed by atoms with Crippen LogP contribution in [0.5, 0.6) is 0 Å². The normalized spacial score (nSPS) is 19.2. The molecule has 3 aromatic carbocycles. The Morgan fingerprint density at radius 2 is 1.30 bits per heavy atom. The Hall–Kier alpha value is -4.43. The number of aryl methyl sites for hydroxylation is 2. The fraction of sp³-hybridized carbons (Fsp3) is 0.138. The number of carbonyl (C=O) groups excluding carboxylic acids is 3. The Morgan fingerprint density at radius 3 is 1.89 bits per heavy atom. The maximum atomic E-state index is 13.8. The van der Waals surface area contributed by atoms with Crippen molar-refractivity contribution in [3.8, 4) is 0 Å². The highest BCUT2D eigenvalue weighted by Gasteiger charge is 2.43. The van der Waals surface area contributed by atoms with E-state index in [2.05, 4.69) is 5.10 Å². The van der Waals surface area contributed by atoms with Crippen LogP contribution in [-0.4, -0.2) is 28.5 Å². The Kier molecular flexibility index (Phi) is 6.27. The summed E-state index contributed by atoms with van der Waals surface area (Å²) in [5, 5.41) is 5.76. The smallest absolute Gasteiger partial charge is 0.269 e. The van der Waals surface area contributed by atoms with E-state index < -0.39 is 17.7 Å². The number of hydrogen-bond acceptors (Lipinski definition) is 5. The summed E-state index contributed by atoms with van der Waals surface area (Å²) in [6.07, 6.45) is 1.42. The van der Waals surface area contributed by atoms with Gasteiger partial charge in [-0.1, -0.05) is 42.5 Å². The van der Waals surface area contributed by atoms with Crippen LogP contribution >= 0.6 is 12.2 Å². The predicted octanol–water partition coefficient (Wildman–Crippen LogP) is 4.93. The summed E-state index contributed by atoms with van der Waals surface area (Å²) in [5.74, 6) is -2.37. The molecule has 0 N–H and O–H groups in total. The zero-order chi connectivity index (χ0) is 26.3.